The van der Waals surface area contributed by atoms with E-state index in [2.05, 4.69) is 10.5 Å². The number of carbonyl (C=O) groups is 1. The van der Waals surface area contributed by atoms with Crippen LogP contribution in [0, 0.1) is 0 Å². The normalized spacial score (nSPS) is 10.6. The number of carbonyl (C=O) groups excluding carboxylic acids is 1. The molecule has 4 rings (SSSR count). The van der Waals surface area contributed by atoms with E-state index in [1.54, 1.807) is 19.2 Å². The molecule has 1 amide bonds. The zero-order valence-electron chi connectivity index (χ0n) is 15.3. The summed E-state index contributed by atoms with van der Waals surface area (Å²) in [6.07, 6.45) is 3.92. The van der Waals surface area contributed by atoms with E-state index in [-0.39, 0.29) is 12.5 Å². The SMILES string of the molecule is COc1cccc(-c2cc(CNC(=O)c3ccc(-n4cccc4)cc3)no2)c1. The Hall–Kier alpha value is -3.80. The number of nitrogens with zero attached hydrogens (tertiary/aromatic N) is 2. The Balaban J connectivity index is 1.39. The lowest BCUT2D eigenvalue weighted by molar-refractivity contribution is 0.0950. The van der Waals surface area contributed by atoms with Crippen LogP contribution in [0.4, 0.5) is 0 Å². The summed E-state index contributed by atoms with van der Waals surface area (Å²) in [5.74, 6) is 1.20. The summed E-state index contributed by atoms with van der Waals surface area (Å²) < 4.78 is 12.6. The quantitative estimate of drug-likeness (QED) is 0.553. The first-order chi connectivity index (χ1) is 13.7. The molecule has 1 N–H and O–H groups in total. The van der Waals surface area contributed by atoms with E-state index in [0.717, 1.165) is 17.0 Å². The van der Waals surface area contributed by atoms with Gasteiger partial charge in [0, 0.05) is 35.3 Å². The lowest BCUT2D eigenvalue weighted by Crippen LogP contribution is -2.22. The van der Waals surface area contributed by atoms with Crippen LogP contribution in [0.15, 0.2) is 83.6 Å². The summed E-state index contributed by atoms with van der Waals surface area (Å²) in [6, 6.07) is 20.7. The molecular formula is C22H19N3O3. The maximum Gasteiger partial charge on any atom is 0.251 e. The van der Waals surface area contributed by atoms with E-state index >= 15 is 0 Å². The second-order valence-electron chi connectivity index (χ2n) is 6.23. The lowest BCUT2D eigenvalue weighted by Gasteiger charge is -2.06. The Labute approximate surface area is 162 Å². The van der Waals surface area contributed by atoms with Crippen molar-refractivity contribution < 1.29 is 14.1 Å². The van der Waals surface area contributed by atoms with Gasteiger partial charge in [-0.2, -0.15) is 0 Å². The predicted molar refractivity (Wildman–Crippen MR) is 105 cm³/mol. The molecule has 0 unspecified atom stereocenters. The minimum absolute atomic E-state index is 0.162. The number of hydrogen-bond acceptors (Lipinski definition) is 4. The van der Waals surface area contributed by atoms with E-state index in [1.165, 1.54) is 0 Å². The van der Waals surface area contributed by atoms with Gasteiger partial charge in [0.25, 0.3) is 5.91 Å². The summed E-state index contributed by atoms with van der Waals surface area (Å²) in [7, 11) is 1.62. The van der Waals surface area contributed by atoms with Crippen LogP contribution in [0.25, 0.3) is 17.0 Å². The standard InChI is InChI=1S/C22H19N3O3/c1-27-20-6-4-5-17(13-20)21-14-18(24-28-21)15-23-22(26)16-7-9-19(10-8-16)25-11-2-3-12-25/h2-14H,15H2,1H3,(H,23,26). The smallest absolute Gasteiger partial charge is 0.251 e. The number of aromatic nitrogens is 2. The van der Waals surface area contributed by atoms with Gasteiger partial charge in [-0.3, -0.25) is 4.79 Å². The van der Waals surface area contributed by atoms with Crippen molar-refractivity contribution in [3.05, 3.63) is 90.4 Å². The summed E-state index contributed by atoms with van der Waals surface area (Å²) in [6.45, 7) is 0.283. The van der Waals surface area contributed by atoms with Crippen molar-refractivity contribution in [3.8, 4) is 22.8 Å². The molecule has 2 heterocycles. The molecule has 140 valence electrons. The van der Waals surface area contributed by atoms with Gasteiger partial charge in [0.2, 0.25) is 0 Å². The molecule has 0 saturated heterocycles. The molecule has 2 aromatic heterocycles. The molecule has 0 spiro atoms. The average Bonchev–Trinajstić information content (AvgIpc) is 3.44. The molecule has 0 aliphatic rings. The zero-order valence-corrected chi connectivity index (χ0v) is 15.3. The number of nitrogens with one attached hydrogen (secondary N) is 1. The lowest BCUT2D eigenvalue weighted by atomic mass is 10.1. The van der Waals surface area contributed by atoms with Crippen LogP contribution < -0.4 is 10.1 Å². The van der Waals surface area contributed by atoms with Crippen molar-refractivity contribution in [2.24, 2.45) is 0 Å². The number of benzene rings is 2. The van der Waals surface area contributed by atoms with Gasteiger partial charge in [-0.25, -0.2) is 0 Å². The molecule has 0 aliphatic heterocycles. The molecule has 0 fully saturated rings. The summed E-state index contributed by atoms with van der Waals surface area (Å²) in [5.41, 5.74) is 3.11. The highest BCUT2D eigenvalue weighted by molar-refractivity contribution is 5.94. The van der Waals surface area contributed by atoms with Crippen molar-refractivity contribution in [2.75, 3.05) is 7.11 Å². The maximum absolute atomic E-state index is 12.4. The molecule has 2 aromatic carbocycles. The Morgan fingerprint density at radius 3 is 2.61 bits per heavy atom. The van der Waals surface area contributed by atoms with Crippen molar-refractivity contribution in [1.29, 1.82) is 0 Å². The molecule has 6 heteroatoms. The van der Waals surface area contributed by atoms with Crippen LogP contribution in [0.3, 0.4) is 0 Å². The minimum atomic E-state index is -0.162. The van der Waals surface area contributed by atoms with Crippen LogP contribution in [-0.4, -0.2) is 22.7 Å². The molecule has 6 nitrogen and oxygen atoms in total. The molecule has 0 radical (unpaired) electrons. The number of hydrogen-bond donors (Lipinski definition) is 1. The zero-order chi connectivity index (χ0) is 19.3. The van der Waals surface area contributed by atoms with Crippen molar-refractivity contribution in [2.45, 2.75) is 6.54 Å². The summed E-state index contributed by atoms with van der Waals surface area (Å²) in [5, 5.41) is 6.89. The van der Waals surface area contributed by atoms with E-state index < -0.39 is 0 Å². The van der Waals surface area contributed by atoms with Gasteiger partial charge in [-0.1, -0.05) is 17.3 Å². The van der Waals surface area contributed by atoms with Crippen LogP contribution in [0.1, 0.15) is 16.1 Å². The maximum atomic E-state index is 12.4. The highest BCUT2D eigenvalue weighted by Crippen LogP contribution is 2.24. The van der Waals surface area contributed by atoms with Crippen molar-refractivity contribution >= 4 is 5.91 Å². The fraction of sp³-hybridized carbons (Fsp3) is 0.0909. The second kappa shape index (κ2) is 7.84. The second-order valence-corrected chi connectivity index (χ2v) is 6.23. The van der Waals surface area contributed by atoms with E-state index in [4.69, 9.17) is 9.26 Å². The molecule has 0 aliphatic carbocycles. The number of rotatable bonds is 6. The first kappa shape index (κ1) is 17.6. The van der Waals surface area contributed by atoms with Gasteiger partial charge in [-0.05, 0) is 48.5 Å². The van der Waals surface area contributed by atoms with Crippen LogP contribution in [0.2, 0.25) is 0 Å². The largest absolute Gasteiger partial charge is 0.497 e. The van der Waals surface area contributed by atoms with Crippen LogP contribution in [0.5, 0.6) is 5.75 Å². The molecule has 4 aromatic rings. The topological polar surface area (TPSA) is 69.3 Å². The number of amides is 1. The molecule has 0 atom stereocenters. The minimum Gasteiger partial charge on any atom is -0.497 e. The Morgan fingerprint density at radius 1 is 1.07 bits per heavy atom. The predicted octanol–water partition coefficient (Wildman–Crippen LogP) is 4.07. The first-order valence-electron chi connectivity index (χ1n) is 8.84. The third-order valence-electron chi connectivity index (χ3n) is 4.38. The Kier molecular flexibility index (Phi) is 4.93. The van der Waals surface area contributed by atoms with E-state index in [9.17, 15) is 4.79 Å². The van der Waals surface area contributed by atoms with Gasteiger partial charge in [-0.15, -0.1) is 0 Å². The van der Waals surface area contributed by atoms with Gasteiger partial charge < -0.3 is 19.1 Å². The fourth-order valence-electron chi connectivity index (χ4n) is 2.87. The highest BCUT2D eigenvalue weighted by Gasteiger charge is 2.10. The van der Waals surface area contributed by atoms with E-state index in [1.807, 2.05) is 71.6 Å². The number of ether oxygens (including phenoxy) is 1. The van der Waals surface area contributed by atoms with Gasteiger partial charge in [0.05, 0.1) is 13.7 Å². The molecule has 28 heavy (non-hydrogen) atoms. The van der Waals surface area contributed by atoms with Crippen LogP contribution >= 0.6 is 0 Å². The van der Waals surface area contributed by atoms with Crippen molar-refractivity contribution in [1.82, 2.24) is 15.0 Å². The Morgan fingerprint density at radius 2 is 1.86 bits per heavy atom. The first-order valence-corrected chi connectivity index (χ1v) is 8.84. The van der Waals surface area contributed by atoms with Crippen molar-refractivity contribution in [3.63, 3.8) is 0 Å². The summed E-state index contributed by atoms with van der Waals surface area (Å²) in [4.78, 5) is 12.4. The van der Waals surface area contributed by atoms with Gasteiger partial charge in [0.1, 0.15) is 11.4 Å². The highest BCUT2D eigenvalue weighted by atomic mass is 16.5. The Bertz CT molecular complexity index is 1070. The van der Waals surface area contributed by atoms with Crippen LogP contribution in [-0.2, 0) is 6.54 Å². The number of methoxy groups -OCH3 is 1. The third-order valence-corrected chi connectivity index (χ3v) is 4.38. The average molecular weight is 373 g/mol. The van der Waals surface area contributed by atoms with E-state index in [0.29, 0.717) is 17.0 Å². The van der Waals surface area contributed by atoms with Gasteiger partial charge >= 0.3 is 0 Å². The fourth-order valence-corrected chi connectivity index (χ4v) is 2.87. The molecule has 0 bridgehead atoms. The summed E-state index contributed by atoms with van der Waals surface area (Å²) >= 11 is 0. The van der Waals surface area contributed by atoms with Gasteiger partial charge in [0.15, 0.2) is 5.76 Å². The third kappa shape index (κ3) is 3.81. The molecule has 0 saturated carbocycles. The molecular weight excluding hydrogens is 354 g/mol. The monoisotopic (exact) mass is 373 g/mol.